The molecule has 1 aromatic heterocycles. The molecule has 0 saturated heterocycles. The summed E-state index contributed by atoms with van der Waals surface area (Å²) in [4.78, 5) is 11.8. The van der Waals surface area contributed by atoms with Crippen LogP contribution in [-0.4, -0.2) is 18.2 Å². The van der Waals surface area contributed by atoms with Crippen LogP contribution in [0.25, 0.3) is 0 Å². The average Bonchev–Trinajstić information content (AvgIpc) is 2.85. The molecule has 5 heteroatoms. The lowest BCUT2D eigenvalue weighted by Gasteiger charge is -2.12. The van der Waals surface area contributed by atoms with Crippen LogP contribution < -0.4 is 10.2 Å². The Morgan fingerprint density at radius 2 is 2.05 bits per heavy atom. The zero-order valence-electron chi connectivity index (χ0n) is 11.4. The first-order chi connectivity index (χ1) is 9.65. The first kappa shape index (κ1) is 13.9. The van der Waals surface area contributed by atoms with Gasteiger partial charge in [-0.15, -0.1) is 0 Å². The van der Waals surface area contributed by atoms with Crippen molar-refractivity contribution in [2.24, 2.45) is 5.10 Å². The lowest BCUT2D eigenvalue weighted by atomic mass is 10.3. The number of hydrazone groups is 1. The summed E-state index contributed by atoms with van der Waals surface area (Å²) in [6.45, 7) is 3.50. The van der Waals surface area contributed by atoms with E-state index in [1.165, 1.54) is 6.21 Å². The monoisotopic (exact) mass is 272 g/mol. The molecule has 1 atom stereocenters. The lowest BCUT2D eigenvalue weighted by Crippen LogP contribution is -2.33. The smallest absolute Gasteiger partial charge is 0.280 e. The molecule has 1 N–H and O–H groups in total. The summed E-state index contributed by atoms with van der Waals surface area (Å²) < 4.78 is 10.8. The van der Waals surface area contributed by atoms with Crippen LogP contribution in [0, 0.1) is 6.92 Å². The summed E-state index contributed by atoms with van der Waals surface area (Å²) in [5.74, 6) is 1.69. The average molecular weight is 272 g/mol. The van der Waals surface area contributed by atoms with E-state index in [9.17, 15) is 4.79 Å². The highest BCUT2D eigenvalue weighted by molar-refractivity contribution is 5.83. The predicted molar refractivity (Wildman–Crippen MR) is 75.7 cm³/mol. The van der Waals surface area contributed by atoms with Crippen LogP contribution >= 0.6 is 0 Å². The molecule has 0 fully saturated rings. The molecule has 0 spiro atoms. The van der Waals surface area contributed by atoms with E-state index in [0.29, 0.717) is 11.5 Å². The Kier molecular flexibility index (Phi) is 4.55. The van der Waals surface area contributed by atoms with Crippen molar-refractivity contribution < 1.29 is 13.9 Å². The fourth-order valence-electron chi connectivity index (χ4n) is 1.53. The Morgan fingerprint density at radius 3 is 2.70 bits per heavy atom. The van der Waals surface area contributed by atoms with E-state index in [4.69, 9.17) is 9.15 Å². The van der Waals surface area contributed by atoms with Gasteiger partial charge >= 0.3 is 0 Å². The van der Waals surface area contributed by atoms with Crippen LogP contribution in [0.15, 0.2) is 52.0 Å². The van der Waals surface area contributed by atoms with Crippen molar-refractivity contribution in [2.75, 3.05) is 0 Å². The summed E-state index contributed by atoms with van der Waals surface area (Å²) in [7, 11) is 0. The molecule has 0 aliphatic rings. The molecule has 2 rings (SSSR count). The van der Waals surface area contributed by atoms with Crippen LogP contribution in [0.5, 0.6) is 5.75 Å². The Hall–Kier alpha value is -2.56. The van der Waals surface area contributed by atoms with Gasteiger partial charge in [-0.3, -0.25) is 4.79 Å². The number of aryl methyl sites for hydroxylation is 1. The minimum absolute atomic E-state index is 0.326. The van der Waals surface area contributed by atoms with Gasteiger partial charge in [0.1, 0.15) is 17.3 Å². The van der Waals surface area contributed by atoms with Crippen molar-refractivity contribution in [3.05, 3.63) is 54.0 Å². The highest BCUT2D eigenvalue weighted by Crippen LogP contribution is 2.10. The first-order valence-electron chi connectivity index (χ1n) is 6.26. The summed E-state index contributed by atoms with van der Waals surface area (Å²) in [5, 5.41) is 3.82. The number of benzene rings is 1. The van der Waals surface area contributed by atoms with Crippen LogP contribution in [-0.2, 0) is 4.79 Å². The highest BCUT2D eigenvalue weighted by atomic mass is 16.5. The number of carbonyl (C=O) groups is 1. The number of nitrogens with one attached hydrogen (secondary N) is 1. The highest BCUT2D eigenvalue weighted by Gasteiger charge is 2.13. The Labute approximate surface area is 117 Å². The van der Waals surface area contributed by atoms with Crippen molar-refractivity contribution in [1.29, 1.82) is 0 Å². The van der Waals surface area contributed by atoms with Crippen LogP contribution in [0.4, 0.5) is 0 Å². The standard InChI is InChI=1S/C15H16N2O3/c1-11-8-9-14(19-11)10-16-17-15(18)12(2)20-13-6-4-3-5-7-13/h3-10,12H,1-2H3,(H,17,18)/b16-10-/t12-/m0/s1. The molecular weight excluding hydrogens is 256 g/mol. The second-order valence-electron chi connectivity index (χ2n) is 4.26. The molecule has 0 aliphatic heterocycles. The molecule has 0 unspecified atom stereocenters. The van der Waals surface area contributed by atoms with Crippen molar-refractivity contribution >= 4 is 12.1 Å². The first-order valence-corrected chi connectivity index (χ1v) is 6.26. The maximum Gasteiger partial charge on any atom is 0.280 e. The van der Waals surface area contributed by atoms with E-state index in [1.807, 2.05) is 31.2 Å². The Balaban J connectivity index is 1.84. The van der Waals surface area contributed by atoms with Gasteiger partial charge in [-0.1, -0.05) is 18.2 Å². The van der Waals surface area contributed by atoms with E-state index in [1.54, 1.807) is 25.1 Å². The molecule has 0 aliphatic carbocycles. The largest absolute Gasteiger partial charge is 0.481 e. The number of amides is 1. The van der Waals surface area contributed by atoms with E-state index in [2.05, 4.69) is 10.5 Å². The summed E-state index contributed by atoms with van der Waals surface area (Å²) in [6, 6.07) is 12.7. The van der Waals surface area contributed by atoms with Gasteiger partial charge in [-0.05, 0) is 38.1 Å². The molecular formula is C15H16N2O3. The molecule has 1 heterocycles. The van der Waals surface area contributed by atoms with Crippen LogP contribution in [0.1, 0.15) is 18.4 Å². The molecule has 0 saturated carbocycles. The van der Waals surface area contributed by atoms with Crippen LogP contribution in [0.3, 0.4) is 0 Å². The second kappa shape index (κ2) is 6.56. The summed E-state index contributed by atoms with van der Waals surface area (Å²) in [6.07, 6.45) is 0.813. The van der Waals surface area contributed by atoms with Crippen molar-refractivity contribution in [1.82, 2.24) is 5.43 Å². The van der Waals surface area contributed by atoms with Crippen LogP contribution in [0.2, 0.25) is 0 Å². The summed E-state index contributed by atoms with van der Waals surface area (Å²) >= 11 is 0. The van der Waals surface area contributed by atoms with E-state index >= 15 is 0 Å². The minimum Gasteiger partial charge on any atom is -0.481 e. The Bertz CT molecular complexity index is 590. The number of para-hydroxylation sites is 1. The normalized spacial score (nSPS) is 12.3. The molecule has 104 valence electrons. The topological polar surface area (TPSA) is 63.8 Å². The van der Waals surface area contributed by atoms with Gasteiger partial charge in [0.25, 0.3) is 5.91 Å². The molecule has 1 aromatic carbocycles. The molecule has 5 nitrogen and oxygen atoms in total. The molecule has 0 radical (unpaired) electrons. The number of nitrogens with zero attached hydrogens (tertiary/aromatic N) is 1. The number of rotatable bonds is 5. The van der Waals surface area contributed by atoms with Crippen molar-refractivity contribution in [2.45, 2.75) is 20.0 Å². The van der Waals surface area contributed by atoms with E-state index in [-0.39, 0.29) is 5.91 Å². The summed E-state index contributed by atoms with van der Waals surface area (Å²) in [5.41, 5.74) is 2.41. The number of ether oxygens (including phenoxy) is 1. The number of hydrogen-bond donors (Lipinski definition) is 1. The van der Waals surface area contributed by atoms with Crippen molar-refractivity contribution in [3.8, 4) is 5.75 Å². The Morgan fingerprint density at radius 1 is 1.30 bits per heavy atom. The van der Waals surface area contributed by atoms with Gasteiger partial charge in [0.2, 0.25) is 0 Å². The van der Waals surface area contributed by atoms with Gasteiger partial charge in [0, 0.05) is 0 Å². The molecule has 0 bridgehead atoms. The van der Waals surface area contributed by atoms with E-state index in [0.717, 1.165) is 5.76 Å². The predicted octanol–water partition coefficient (Wildman–Crippen LogP) is 2.51. The quantitative estimate of drug-likeness (QED) is 0.672. The molecule has 20 heavy (non-hydrogen) atoms. The maximum atomic E-state index is 11.8. The molecule has 2 aromatic rings. The third-order valence-corrected chi connectivity index (χ3v) is 2.55. The second-order valence-corrected chi connectivity index (χ2v) is 4.26. The minimum atomic E-state index is -0.632. The van der Waals surface area contributed by atoms with Gasteiger partial charge in [-0.2, -0.15) is 5.10 Å². The van der Waals surface area contributed by atoms with Gasteiger partial charge in [0.05, 0.1) is 6.21 Å². The number of hydrogen-bond acceptors (Lipinski definition) is 4. The van der Waals surface area contributed by atoms with Crippen molar-refractivity contribution in [3.63, 3.8) is 0 Å². The SMILES string of the molecule is Cc1ccc(/C=N\NC(=O)[C@H](C)Oc2ccccc2)o1. The maximum absolute atomic E-state index is 11.8. The molecule has 1 amide bonds. The zero-order chi connectivity index (χ0) is 14.4. The van der Waals surface area contributed by atoms with E-state index < -0.39 is 6.10 Å². The number of carbonyl (C=O) groups excluding carboxylic acids is 1. The lowest BCUT2D eigenvalue weighted by molar-refractivity contribution is -0.127. The van der Waals surface area contributed by atoms with Gasteiger partial charge in [-0.25, -0.2) is 5.43 Å². The van der Waals surface area contributed by atoms with Gasteiger partial charge < -0.3 is 9.15 Å². The third-order valence-electron chi connectivity index (χ3n) is 2.55. The fourth-order valence-corrected chi connectivity index (χ4v) is 1.53. The number of furan rings is 1. The third kappa shape index (κ3) is 3.98. The van der Waals surface area contributed by atoms with Gasteiger partial charge in [0.15, 0.2) is 6.10 Å². The fraction of sp³-hybridized carbons (Fsp3) is 0.200. The zero-order valence-corrected chi connectivity index (χ0v) is 11.4.